The Morgan fingerprint density at radius 3 is 2.64 bits per heavy atom. The molecule has 0 unspecified atom stereocenters. The molecular formula is C8H6ClNO4. The molecule has 0 radical (unpaired) electrons. The normalized spacial score (nSPS) is 9.79. The molecule has 0 spiro atoms. The van der Waals surface area contributed by atoms with Gasteiger partial charge in [0.1, 0.15) is 5.56 Å². The second kappa shape index (κ2) is 4.06. The zero-order valence-electron chi connectivity index (χ0n) is 6.94. The van der Waals surface area contributed by atoms with Crippen LogP contribution in [-0.2, 0) is 5.88 Å². The van der Waals surface area contributed by atoms with Gasteiger partial charge in [0.25, 0.3) is 5.69 Å². The first-order chi connectivity index (χ1) is 6.56. The van der Waals surface area contributed by atoms with Crippen LogP contribution in [-0.4, -0.2) is 16.0 Å². The van der Waals surface area contributed by atoms with Crippen LogP contribution >= 0.6 is 11.6 Å². The van der Waals surface area contributed by atoms with E-state index in [-0.39, 0.29) is 11.4 Å². The molecule has 0 aromatic heterocycles. The molecule has 1 aromatic carbocycles. The summed E-state index contributed by atoms with van der Waals surface area (Å²) in [6.07, 6.45) is 0. The molecule has 0 aliphatic heterocycles. The maximum absolute atomic E-state index is 10.6. The van der Waals surface area contributed by atoms with Crippen LogP contribution in [0.5, 0.6) is 0 Å². The highest BCUT2D eigenvalue weighted by Gasteiger charge is 2.19. The highest BCUT2D eigenvalue weighted by atomic mass is 35.5. The van der Waals surface area contributed by atoms with Crippen LogP contribution in [0.25, 0.3) is 0 Å². The van der Waals surface area contributed by atoms with Crippen molar-refractivity contribution in [2.24, 2.45) is 0 Å². The van der Waals surface area contributed by atoms with E-state index in [1.807, 2.05) is 0 Å². The van der Waals surface area contributed by atoms with Gasteiger partial charge in [0.2, 0.25) is 0 Å². The van der Waals surface area contributed by atoms with Gasteiger partial charge >= 0.3 is 5.97 Å². The maximum atomic E-state index is 10.6. The number of halogens is 1. The highest BCUT2D eigenvalue weighted by molar-refractivity contribution is 6.17. The van der Waals surface area contributed by atoms with Gasteiger partial charge < -0.3 is 5.11 Å². The predicted molar refractivity (Wildman–Crippen MR) is 49.6 cm³/mol. The van der Waals surface area contributed by atoms with Gasteiger partial charge in [-0.2, -0.15) is 0 Å². The van der Waals surface area contributed by atoms with E-state index >= 15 is 0 Å². The monoisotopic (exact) mass is 215 g/mol. The molecule has 0 heterocycles. The molecule has 1 aromatic rings. The summed E-state index contributed by atoms with van der Waals surface area (Å²) in [5, 5.41) is 19.1. The minimum atomic E-state index is -1.32. The molecule has 6 heteroatoms. The largest absolute Gasteiger partial charge is 0.477 e. The average Bonchev–Trinajstić information content (AvgIpc) is 2.16. The zero-order chi connectivity index (χ0) is 10.7. The van der Waals surface area contributed by atoms with Gasteiger partial charge in [-0.05, 0) is 11.6 Å². The van der Waals surface area contributed by atoms with Crippen molar-refractivity contribution in [1.29, 1.82) is 0 Å². The summed E-state index contributed by atoms with van der Waals surface area (Å²) in [5.41, 5.74) is -0.247. The predicted octanol–water partition coefficient (Wildman–Crippen LogP) is 2.03. The molecule has 0 aliphatic rings. The lowest BCUT2D eigenvalue weighted by molar-refractivity contribution is -0.385. The molecule has 0 fully saturated rings. The molecule has 0 amide bonds. The fourth-order valence-electron chi connectivity index (χ4n) is 0.992. The SMILES string of the molecule is O=C(O)c1ccc(CCl)cc1[N+](=O)[O-]. The molecule has 14 heavy (non-hydrogen) atoms. The van der Waals surface area contributed by atoms with Gasteiger partial charge in [-0.25, -0.2) is 4.79 Å². The summed E-state index contributed by atoms with van der Waals surface area (Å²) < 4.78 is 0. The van der Waals surface area contributed by atoms with E-state index in [9.17, 15) is 14.9 Å². The van der Waals surface area contributed by atoms with Crippen LogP contribution in [0.3, 0.4) is 0 Å². The van der Waals surface area contributed by atoms with Gasteiger partial charge in [0, 0.05) is 11.9 Å². The Morgan fingerprint density at radius 2 is 2.21 bits per heavy atom. The third kappa shape index (κ3) is 2.00. The summed E-state index contributed by atoms with van der Waals surface area (Å²) in [6, 6.07) is 3.79. The van der Waals surface area contributed by atoms with E-state index in [1.54, 1.807) is 0 Å². The van der Waals surface area contributed by atoms with Gasteiger partial charge in [-0.3, -0.25) is 10.1 Å². The molecule has 0 atom stereocenters. The Labute approximate surface area is 84.1 Å². The lowest BCUT2D eigenvalue weighted by atomic mass is 10.1. The van der Waals surface area contributed by atoms with E-state index in [4.69, 9.17) is 16.7 Å². The number of rotatable bonds is 3. The summed E-state index contributed by atoms with van der Waals surface area (Å²) in [6.45, 7) is 0. The molecule has 5 nitrogen and oxygen atoms in total. The molecule has 0 saturated heterocycles. The topological polar surface area (TPSA) is 80.4 Å². The number of benzene rings is 1. The number of alkyl halides is 1. The van der Waals surface area contributed by atoms with Crippen molar-refractivity contribution in [3.05, 3.63) is 39.4 Å². The molecule has 0 aliphatic carbocycles. The number of aromatic carboxylic acids is 1. The second-order valence-electron chi connectivity index (χ2n) is 2.55. The van der Waals surface area contributed by atoms with Crippen molar-refractivity contribution in [3.8, 4) is 0 Å². The van der Waals surface area contributed by atoms with E-state index in [2.05, 4.69) is 0 Å². The first-order valence-corrected chi connectivity index (χ1v) is 4.16. The summed E-state index contributed by atoms with van der Waals surface area (Å²) >= 11 is 5.47. The quantitative estimate of drug-likeness (QED) is 0.475. The van der Waals surface area contributed by atoms with Crippen molar-refractivity contribution in [1.82, 2.24) is 0 Å². The Hall–Kier alpha value is -1.62. The van der Waals surface area contributed by atoms with Crippen LogP contribution in [0.1, 0.15) is 15.9 Å². The molecular weight excluding hydrogens is 210 g/mol. The average molecular weight is 216 g/mol. The van der Waals surface area contributed by atoms with Gasteiger partial charge in [-0.1, -0.05) is 6.07 Å². The number of hydrogen-bond acceptors (Lipinski definition) is 3. The van der Waals surface area contributed by atoms with Crippen molar-refractivity contribution in [2.45, 2.75) is 5.88 Å². The van der Waals surface area contributed by atoms with Gasteiger partial charge in [0.05, 0.1) is 4.92 Å². The Balaban J connectivity index is 3.31. The van der Waals surface area contributed by atoms with Crippen molar-refractivity contribution in [2.75, 3.05) is 0 Å². The lowest BCUT2D eigenvalue weighted by Crippen LogP contribution is -2.02. The van der Waals surface area contributed by atoms with Crippen LogP contribution in [0.15, 0.2) is 18.2 Å². The molecule has 0 bridgehead atoms. The van der Waals surface area contributed by atoms with Crippen LogP contribution in [0.4, 0.5) is 5.69 Å². The first kappa shape index (κ1) is 10.5. The van der Waals surface area contributed by atoms with Crippen molar-refractivity contribution in [3.63, 3.8) is 0 Å². The second-order valence-corrected chi connectivity index (χ2v) is 2.81. The molecule has 74 valence electrons. The summed E-state index contributed by atoms with van der Waals surface area (Å²) in [4.78, 5) is 20.3. The van der Waals surface area contributed by atoms with Crippen LogP contribution in [0.2, 0.25) is 0 Å². The number of nitro groups is 1. The van der Waals surface area contributed by atoms with Crippen molar-refractivity contribution < 1.29 is 14.8 Å². The third-order valence-electron chi connectivity index (χ3n) is 1.64. The smallest absolute Gasteiger partial charge is 0.342 e. The summed E-state index contributed by atoms with van der Waals surface area (Å²) in [5.74, 6) is -1.21. The highest BCUT2D eigenvalue weighted by Crippen LogP contribution is 2.21. The minimum absolute atomic E-state index is 0.112. The van der Waals surface area contributed by atoms with E-state index in [0.717, 1.165) is 6.07 Å². The summed E-state index contributed by atoms with van der Waals surface area (Å²) in [7, 11) is 0. The van der Waals surface area contributed by atoms with E-state index in [0.29, 0.717) is 5.56 Å². The van der Waals surface area contributed by atoms with E-state index in [1.165, 1.54) is 12.1 Å². The standard InChI is InChI=1S/C8H6ClNO4/c9-4-5-1-2-6(8(11)12)7(3-5)10(13)14/h1-3H,4H2,(H,11,12). The third-order valence-corrected chi connectivity index (χ3v) is 1.95. The fraction of sp³-hybridized carbons (Fsp3) is 0.125. The number of carbonyl (C=O) groups is 1. The number of nitrogens with zero attached hydrogens (tertiary/aromatic N) is 1. The van der Waals surface area contributed by atoms with Gasteiger partial charge in [-0.15, -0.1) is 11.6 Å². The minimum Gasteiger partial charge on any atom is -0.477 e. The number of nitro benzene ring substituents is 1. The lowest BCUT2D eigenvalue weighted by Gasteiger charge is -1.99. The van der Waals surface area contributed by atoms with Crippen LogP contribution < -0.4 is 0 Å². The number of carboxylic acid groups (broad SMARTS) is 1. The van der Waals surface area contributed by atoms with Crippen molar-refractivity contribution >= 4 is 23.3 Å². The Bertz CT molecular complexity index is 391. The molecule has 0 saturated carbocycles. The Morgan fingerprint density at radius 1 is 1.57 bits per heavy atom. The number of hydrogen-bond donors (Lipinski definition) is 1. The molecule has 1 rings (SSSR count). The van der Waals surface area contributed by atoms with Crippen LogP contribution in [0, 0.1) is 10.1 Å². The Kier molecular flexibility index (Phi) is 3.03. The number of carboxylic acids is 1. The molecule has 1 N–H and O–H groups in total. The fourth-order valence-corrected chi connectivity index (χ4v) is 1.16. The van der Waals surface area contributed by atoms with E-state index < -0.39 is 16.6 Å². The van der Waals surface area contributed by atoms with Gasteiger partial charge in [0.15, 0.2) is 0 Å². The first-order valence-electron chi connectivity index (χ1n) is 3.63. The maximum Gasteiger partial charge on any atom is 0.342 e. The zero-order valence-corrected chi connectivity index (χ0v) is 7.69.